The average Bonchev–Trinajstić information content (AvgIpc) is 2.77. The second-order valence-electron chi connectivity index (χ2n) is 7.82. The van der Waals surface area contributed by atoms with Crippen molar-refractivity contribution in [2.75, 3.05) is 42.9 Å². The number of para-hydroxylation sites is 1. The van der Waals surface area contributed by atoms with Crippen LogP contribution in [-0.2, 0) is 4.79 Å². The number of anilines is 2. The third-order valence-corrected chi connectivity index (χ3v) is 5.50. The maximum Gasteiger partial charge on any atom is 0.239 e. The number of hydrazine groups is 1. The molecule has 1 amide bonds. The van der Waals surface area contributed by atoms with E-state index in [0.717, 1.165) is 38.4 Å². The number of nitrogens with one attached hydrogen (secondary N) is 3. The number of benzene rings is 2. The zero-order valence-electron chi connectivity index (χ0n) is 17.7. The van der Waals surface area contributed by atoms with Crippen molar-refractivity contribution < 1.29 is 4.79 Å². The molecule has 160 valence electrons. The van der Waals surface area contributed by atoms with Gasteiger partial charge in [-0.2, -0.15) is 0 Å². The van der Waals surface area contributed by atoms with Crippen molar-refractivity contribution >= 4 is 34.6 Å². The summed E-state index contributed by atoms with van der Waals surface area (Å²) in [7, 11) is 0. The molecule has 0 aliphatic carbocycles. The number of thiocarbonyl (C=S) groups is 1. The van der Waals surface area contributed by atoms with Crippen LogP contribution in [0.5, 0.6) is 0 Å². The summed E-state index contributed by atoms with van der Waals surface area (Å²) >= 11 is 5.25. The molecule has 1 fully saturated rings. The van der Waals surface area contributed by atoms with Crippen LogP contribution < -0.4 is 21.1 Å². The van der Waals surface area contributed by atoms with E-state index in [1.165, 1.54) is 11.3 Å². The van der Waals surface area contributed by atoms with Gasteiger partial charge in [-0.3, -0.25) is 20.5 Å². The molecule has 0 bridgehead atoms. The molecule has 2 aromatic rings. The van der Waals surface area contributed by atoms with E-state index < -0.39 is 0 Å². The lowest BCUT2D eigenvalue weighted by molar-refractivity contribution is -0.122. The van der Waals surface area contributed by atoms with Crippen molar-refractivity contribution in [2.24, 2.45) is 0 Å². The number of nitrogens with zero attached hydrogens (tertiary/aromatic N) is 2. The van der Waals surface area contributed by atoms with Gasteiger partial charge >= 0.3 is 0 Å². The first-order chi connectivity index (χ1) is 14.5. The minimum atomic E-state index is -0.0696. The van der Waals surface area contributed by atoms with E-state index in [4.69, 9.17) is 12.2 Å². The fraction of sp³-hybridized carbons (Fsp3) is 0.391. The second kappa shape index (κ2) is 10.9. The summed E-state index contributed by atoms with van der Waals surface area (Å²) in [5.41, 5.74) is 8.88. The molecule has 3 N–H and O–H groups in total. The number of piperazine rings is 1. The zero-order valence-corrected chi connectivity index (χ0v) is 18.5. The van der Waals surface area contributed by atoms with Gasteiger partial charge < -0.3 is 10.2 Å². The van der Waals surface area contributed by atoms with E-state index in [2.05, 4.69) is 76.2 Å². The molecule has 1 aliphatic rings. The highest BCUT2D eigenvalue weighted by Crippen LogP contribution is 2.17. The van der Waals surface area contributed by atoms with Crippen molar-refractivity contribution in [3.8, 4) is 0 Å². The normalized spacial score (nSPS) is 14.4. The predicted octanol–water partition coefficient (Wildman–Crippen LogP) is 3.34. The van der Waals surface area contributed by atoms with E-state index in [1.807, 2.05) is 18.2 Å². The SMILES string of the molecule is CC(C)c1ccc(NC(=S)NNC(=O)CCN2CCN(c3ccccc3)CC2)cc1. The van der Waals surface area contributed by atoms with Gasteiger partial charge in [0, 0.05) is 50.5 Å². The number of rotatable bonds is 6. The lowest BCUT2D eigenvalue weighted by atomic mass is 10.0. The molecule has 7 heteroatoms. The van der Waals surface area contributed by atoms with Crippen LogP contribution in [0.4, 0.5) is 11.4 Å². The van der Waals surface area contributed by atoms with Crippen LogP contribution in [0, 0.1) is 0 Å². The largest absolute Gasteiger partial charge is 0.369 e. The minimum absolute atomic E-state index is 0.0696. The van der Waals surface area contributed by atoms with Crippen molar-refractivity contribution in [3.05, 3.63) is 60.2 Å². The molecule has 1 heterocycles. The van der Waals surface area contributed by atoms with Crippen LogP contribution in [0.3, 0.4) is 0 Å². The lowest BCUT2D eigenvalue weighted by Gasteiger charge is -2.36. The van der Waals surface area contributed by atoms with Gasteiger partial charge in [-0.05, 0) is 48.0 Å². The van der Waals surface area contributed by atoms with Crippen molar-refractivity contribution in [3.63, 3.8) is 0 Å². The third kappa shape index (κ3) is 6.71. The molecule has 0 unspecified atom stereocenters. The first-order valence-corrected chi connectivity index (χ1v) is 10.9. The Hall–Kier alpha value is -2.64. The third-order valence-electron chi connectivity index (χ3n) is 5.30. The van der Waals surface area contributed by atoms with Gasteiger partial charge in [0.1, 0.15) is 0 Å². The quantitative estimate of drug-likeness (QED) is 0.488. The van der Waals surface area contributed by atoms with Crippen molar-refractivity contribution in [1.29, 1.82) is 0 Å². The number of hydrogen-bond acceptors (Lipinski definition) is 4. The molecule has 1 aliphatic heterocycles. The monoisotopic (exact) mass is 425 g/mol. The van der Waals surface area contributed by atoms with Crippen LogP contribution in [0.2, 0.25) is 0 Å². The van der Waals surface area contributed by atoms with Gasteiger partial charge in [0.15, 0.2) is 5.11 Å². The summed E-state index contributed by atoms with van der Waals surface area (Å²) in [6.45, 7) is 8.94. The minimum Gasteiger partial charge on any atom is -0.369 e. The number of carbonyl (C=O) groups is 1. The highest BCUT2D eigenvalue weighted by molar-refractivity contribution is 7.80. The Kier molecular flexibility index (Phi) is 8.04. The molecular weight excluding hydrogens is 394 g/mol. The van der Waals surface area contributed by atoms with Gasteiger partial charge in [-0.1, -0.05) is 44.2 Å². The van der Waals surface area contributed by atoms with Crippen LogP contribution in [0.1, 0.15) is 31.7 Å². The molecule has 0 saturated carbocycles. The molecule has 1 saturated heterocycles. The van der Waals surface area contributed by atoms with Gasteiger partial charge in [-0.15, -0.1) is 0 Å². The topological polar surface area (TPSA) is 59.6 Å². The second-order valence-corrected chi connectivity index (χ2v) is 8.23. The lowest BCUT2D eigenvalue weighted by Crippen LogP contribution is -2.48. The zero-order chi connectivity index (χ0) is 21.3. The molecular formula is C23H31N5OS. The molecule has 30 heavy (non-hydrogen) atoms. The average molecular weight is 426 g/mol. The Balaban J connectivity index is 1.32. The number of carbonyl (C=O) groups excluding carboxylic acids is 1. The van der Waals surface area contributed by atoms with Gasteiger partial charge in [0.2, 0.25) is 5.91 Å². The summed E-state index contributed by atoms with van der Waals surface area (Å²) < 4.78 is 0. The molecule has 0 radical (unpaired) electrons. The molecule has 3 rings (SSSR count). The van der Waals surface area contributed by atoms with Gasteiger partial charge in [-0.25, -0.2) is 0 Å². The molecule has 0 spiro atoms. The van der Waals surface area contributed by atoms with Crippen LogP contribution >= 0.6 is 12.2 Å². The maximum absolute atomic E-state index is 12.1. The summed E-state index contributed by atoms with van der Waals surface area (Å²) in [6, 6.07) is 18.6. The highest BCUT2D eigenvalue weighted by Gasteiger charge is 2.17. The Bertz CT molecular complexity index is 817. The van der Waals surface area contributed by atoms with Gasteiger partial charge in [0.25, 0.3) is 0 Å². The Morgan fingerprint density at radius 2 is 1.63 bits per heavy atom. The smallest absolute Gasteiger partial charge is 0.239 e. The summed E-state index contributed by atoms with van der Waals surface area (Å²) in [6.07, 6.45) is 0.435. The first kappa shape index (κ1) is 22.1. The Morgan fingerprint density at radius 3 is 2.27 bits per heavy atom. The van der Waals surface area contributed by atoms with Crippen molar-refractivity contribution in [2.45, 2.75) is 26.2 Å². The fourth-order valence-electron chi connectivity index (χ4n) is 3.43. The molecule has 2 aromatic carbocycles. The predicted molar refractivity (Wildman–Crippen MR) is 128 cm³/mol. The number of hydrogen-bond donors (Lipinski definition) is 3. The van der Waals surface area contributed by atoms with Gasteiger partial charge in [0.05, 0.1) is 0 Å². The number of amides is 1. The van der Waals surface area contributed by atoms with E-state index in [0.29, 0.717) is 17.5 Å². The summed E-state index contributed by atoms with van der Waals surface area (Å²) in [4.78, 5) is 16.9. The van der Waals surface area contributed by atoms with E-state index in [9.17, 15) is 4.79 Å². The Morgan fingerprint density at radius 1 is 0.967 bits per heavy atom. The highest BCUT2D eigenvalue weighted by atomic mass is 32.1. The van der Waals surface area contributed by atoms with Crippen LogP contribution in [0.25, 0.3) is 0 Å². The maximum atomic E-state index is 12.1. The molecule has 0 aromatic heterocycles. The molecule has 6 nitrogen and oxygen atoms in total. The van der Waals surface area contributed by atoms with E-state index >= 15 is 0 Å². The Labute approximate surface area is 184 Å². The molecule has 0 atom stereocenters. The van der Waals surface area contributed by atoms with Crippen LogP contribution in [0.15, 0.2) is 54.6 Å². The summed E-state index contributed by atoms with van der Waals surface area (Å²) in [5, 5.41) is 3.45. The first-order valence-electron chi connectivity index (χ1n) is 10.5. The fourth-order valence-corrected chi connectivity index (χ4v) is 3.60. The van der Waals surface area contributed by atoms with Crippen molar-refractivity contribution in [1.82, 2.24) is 15.8 Å². The summed E-state index contributed by atoms with van der Waals surface area (Å²) in [5.74, 6) is 0.421. The van der Waals surface area contributed by atoms with E-state index in [1.54, 1.807) is 0 Å². The van der Waals surface area contributed by atoms with Crippen LogP contribution in [-0.4, -0.2) is 48.6 Å². The standard InChI is InChI=1S/C23H31N5OS/c1-18(2)19-8-10-20(11-9-19)24-23(30)26-25-22(29)12-13-27-14-16-28(17-15-27)21-6-4-3-5-7-21/h3-11,18H,12-17H2,1-2H3,(H,25,29)(H2,24,26,30). The van der Waals surface area contributed by atoms with E-state index in [-0.39, 0.29) is 5.91 Å².